The Labute approximate surface area is 187 Å². The predicted molar refractivity (Wildman–Crippen MR) is 124 cm³/mol. The molecule has 8 heteroatoms. The summed E-state index contributed by atoms with van der Waals surface area (Å²) in [6.45, 7) is 7.57. The number of pyridine rings is 1. The number of nitrogens with one attached hydrogen (secondary N) is 1. The number of benzene rings is 2. The summed E-state index contributed by atoms with van der Waals surface area (Å²) in [6, 6.07) is 14.7. The lowest BCUT2D eigenvalue weighted by atomic mass is 9.87. The summed E-state index contributed by atoms with van der Waals surface area (Å²) < 4.78 is 28.7. The van der Waals surface area contributed by atoms with Gasteiger partial charge >= 0.3 is 0 Å². The molecule has 0 spiro atoms. The highest BCUT2D eigenvalue weighted by molar-refractivity contribution is 7.92. The van der Waals surface area contributed by atoms with Crippen molar-refractivity contribution in [2.75, 3.05) is 9.62 Å². The minimum atomic E-state index is -3.90. The third kappa shape index (κ3) is 5.24. The average Bonchev–Trinajstić information content (AvgIpc) is 2.70. The molecule has 0 bridgehead atoms. The first kappa shape index (κ1) is 22.8. The van der Waals surface area contributed by atoms with Gasteiger partial charge in [-0.1, -0.05) is 44.5 Å². The first-order valence-corrected chi connectivity index (χ1v) is 11.5. The number of sulfonamides is 1. The second-order valence-corrected chi connectivity index (χ2v) is 10.2. The first-order valence-electron chi connectivity index (χ1n) is 9.63. The molecular formula is C23H24ClN3O3S. The van der Waals surface area contributed by atoms with Gasteiger partial charge in [0.05, 0.1) is 22.0 Å². The van der Waals surface area contributed by atoms with Crippen molar-refractivity contribution >= 4 is 44.6 Å². The summed E-state index contributed by atoms with van der Waals surface area (Å²) in [6.07, 6.45) is 3.10. The molecule has 0 saturated heterocycles. The number of halogens is 1. The molecule has 0 atom stereocenters. The second kappa shape index (κ2) is 8.69. The van der Waals surface area contributed by atoms with Crippen molar-refractivity contribution in [1.29, 1.82) is 0 Å². The fourth-order valence-electron chi connectivity index (χ4n) is 3.10. The molecule has 1 aromatic heterocycles. The summed E-state index contributed by atoms with van der Waals surface area (Å²) in [5, 5.41) is 0.368. The maximum absolute atomic E-state index is 13.1. The highest BCUT2D eigenvalue weighted by Crippen LogP contribution is 2.36. The highest BCUT2D eigenvalue weighted by Gasteiger charge is 2.23. The van der Waals surface area contributed by atoms with Crippen molar-refractivity contribution in [3.05, 3.63) is 77.6 Å². The van der Waals surface area contributed by atoms with E-state index in [1.165, 1.54) is 17.9 Å². The van der Waals surface area contributed by atoms with Gasteiger partial charge in [-0.3, -0.25) is 19.4 Å². The molecule has 0 aliphatic rings. The highest BCUT2D eigenvalue weighted by atomic mass is 35.5. The van der Waals surface area contributed by atoms with Crippen LogP contribution in [0.3, 0.4) is 0 Å². The van der Waals surface area contributed by atoms with Crippen molar-refractivity contribution in [1.82, 2.24) is 4.98 Å². The Morgan fingerprint density at radius 3 is 2.16 bits per heavy atom. The van der Waals surface area contributed by atoms with Crippen LogP contribution in [0.15, 0.2) is 71.9 Å². The molecule has 0 saturated carbocycles. The van der Waals surface area contributed by atoms with Crippen LogP contribution in [0.25, 0.3) is 0 Å². The molecule has 0 unspecified atom stereocenters. The standard InChI is InChI=1S/C23H24ClN3O3S/c1-16(28)27(19-11-13-25-14-12-19)22-15-18(24)7-10-21(22)26-31(29,30)20-8-5-17(6-9-20)23(2,3)4/h5-15,26H,1-4H3. The molecule has 3 rings (SSSR count). The first-order chi connectivity index (χ1) is 14.5. The van der Waals surface area contributed by atoms with E-state index in [4.69, 9.17) is 11.6 Å². The van der Waals surface area contributed by atoms with Gasteiger partial charge in [-0.05, 0) is 53.4 Å². The maximum Gasteiger partial charge on any atom is 0.261 e. The lowest BCUT2D eigenvalue weighted by Crippen LogP contribution is -2.25. The number of hydrogen-bond acceptors (Lipinski definition) is 4. The van der Waals surface area contributed by atoms with Crippen LogP contribution >= 0.6 is 11.6 Å². The van der Waals surface area contributed by atoms with Crippen LogP contribution < -0.4 is 9.62 Å². The van der Waals surface area contributed by atoms with E-state index in [9.17, 15) is 13.2 Å². The molecule has 0 aliphatic heterocycles. The summed E-state index contributed by atoms with van der Waals surface area (Å²) >= 11 is 6.17. The third-order valence-corrected chi connectivity index (χ3v) is 6.33. The normalized spacial score (nSPS) is 11.8. The number of hydrogen-bond donors (Lipinski definition) is 1. The number of anilines is 3. The predicted octanol–water partition coefficient (Wildman–Crippen LogP) is 5.52. The minimum Gasteiger partial charge on any atom is -0.279 e. The maximum atomic E-state index is 13.1. The van der Waals surface area contributed by atoms with Crippen LogP contribution in [0.4, 0.5) is 17.1 Å². The van der Waals surface area contributed by atoms with Crippen LogP contribution in [0, 0.1) is 0 Å². The molecule has 3 aromatic rings. The van der Waals surface area contributed by atoms with Crippen molar-refractivity contribution < 1.29 is 13.2 Å². The van der Waals surface area contributed by atoms with Gasteiger partial charge in [0.1, 0.15) is 0 Å². The van der Waals surface area contributed by atoms with Gasteiger partial charge in [-0.2, -0.15) is 0 Å². The Bertz CT molecular complexity index is 1190. The van der Waals surface area contributed by atoms with Gasteiger partial charge in [0.25, 0.3) is 10.0 Å². The lowest BCUT2D eigenvalue weighted by Gasteiger charge is -2.24. The average molecular weight is 458 g/mol. The number of amides is 1. The Kier molecular flexibility index (Phi) is 6.38. The summed E-state index contributed by atoms with van der Waals surface area (Å²) in [4.78, 5) is 17.9. The zero-order valence-electron chi connectivity index (χ0n) is 17.8. The van der Waals surface area contributed by atoms with Crippen molar-refractivity contribution in [3.8, 4) is 0 Å². The number of carbonyl (C=O) groups is 1. The molecular weight excluding hydrogens is 434 g/mol. The van der Waals surface area contributed by atoms with E-state index in [1.54, 1.807) is 60.9 Å². The van der Waals surface area contributed by atoms with Crippen LogP contribution in [0.1, 0.15) is 33.3 Å². The van der Waals surface area contributed by atoms with Crippen LogP contribution in [-0.2, 0) is 20.2 Å². The zero-order chi connectivity index (χ0) is 22.8. The third-order valence-electron chi connectivity index (χ3n) is 4.71. The second-order valence-electron chi connectivity index (χ2n) is 8.10. The topological polar surface area (TPSA) is 79.4 Å². The molecule has 1 amide bonds. The quantitative estimate of drug-likeness (QED) is 0.547. The Morgan fingerprint density at radius 2 is 1.61 bits per heavy atom. The van der Waals surface area contributed by atoms with Gasteiger partial charge < -0.3 is 0 Å². The number of nitrogens with zero attached hydrogens (tertiary/aromatic N) is 2. The number of carbonyl (C=O) groups excluding carboxylic acids is 1. The molecule has 0 aliphatic carbocycles. The number of aromatic nitrogens is 1. The van der Waals surface area contributed by atoms with E-state index in [0.717, 1.165) is 5.56 Å². The van der Waals surface area contributed by atoms with Gasteiger partial charge in [0.2, 0.25) is 5.91 Å². The van der Waals surface area contributed by atoms with Crippen molar-refractivity contribution in [2.45, 2.75) is 38.0 Å². The van der Waals surface area contributed by atoms with E-state index in [1.807, 2.05) is 0 Å². The molecule has 0 fully saturated rings. The largest absolute Gasteiger partial charge is 0.279 e. The van der Waals surface area contributed by atoms with E-state index in [2.05, 4.69) is 30.5 Å². The summed E-state index contributed by atoms with van der Waals surface area (Å²) in [5.74, 6) is -0.302. The van der Waals surface area contributed by atoms with Gasteiger partial charge in [0, 0.05) is 24.3 Å². The Hall–Kier alpha value is -2.90. The van der Waals surface area contributed by atoms with E-state index in [-0.39, 0.29) is 21.9 Å². The molecule has 31 heavy (non-hydrogen) atoms. The van der Waals surface area contributed by atoms with Gasteiger partial charge in [0.15, 0.2) is 0 Å². The van der Waals surface area contributed by atoms with Crippen LogP contribution in [0.2, 0.25) is 5.02 Å². The van der Waals surface area contributed by atoms with Crippen LogP contribution in [0.5, 0.6) is 0 Å². The van der Waals surface area contributed by atoms with E-state index in [0.29, 0.717) is 16.4 Å². The van der Waals surface area contributed by atoms with Crippen molar-refractivity contribution in [3.63, 3.8) is 0 Å². The monoisotopic (exact) mass is 457 g/mol. The Balaban J connectivity index is 2.03. The van der Waals surface area contributed by atoms with E-state index < -0.39 is 10.0 Å². The van der Waals surface area contributed by atoms with Gasteiger partial charge in [-0.15, -0.1) is 0 Å². The Morgan fingerprint density at radius 1 is 1.00 bits per heavy atom. The van der Waals surface area contributed by atoms with Gasteiger partial charge in [-0.25, -0.2) is 8.42 Å². The zero-order valence-corrected chi connectivity index (χ0v) is 19.3. The fraction of sp³-hybridized carbons (Fsp3) is 0.217. The summed E-state index contributed by atoms with van der Waals surface area (Å²) in [7, 11) is -3.90. The molecule has 1 N–H and O–H groups in total. The van der Waals surface area contributed by atoms with Crippen LogP contribution in [-0.4, -0.2) is 19.3 Å². The lowest BCUT2D eigenvalue weighted by molar-refractivity contribution is -0.115. The van der Waals surface area contributed by atoms with Crippen molar-refractivity contribution in [2.24, 2.45) is 0 Å². The van der Waals surface area contributed by atoms with E-state index >= 15 is 0 Å². The molecule has 2 aromatic carbocycles. The molecule has 1 heterocycles. The minimum absolute atomic E-state index is 0.0917. The smallest absolute Gasteiger partial charge is 0.261 e. The fourth-order valence-corrected chi connectivity index (χ4v) is 4.34. The SMILES string of the molecule is CC(=O)N(c1ccncc1)c1cc(Cl)ccc1NS(=O)(=O)c1ccc(C(C)(C)C)cc1. The molecule has 0 radical (unpaired) electrons. The number of rotatable bonds is 5. The summed E-state index contributed by atoms with van der Waals surface area (Å²) in [5.41, 5.74) is 2.03. The molecule has 6 nitrogen and oxygen atoms in total. The molecule has 162 valence electrons.